The van der Waals surface area contributed by atoms with E-state index in [9.17, 15) is 0 Å². The zero-order chi connectivity index (χ0) is 22.9. The maximum absolute atomic E-state index is 5.48. The summed E-state index contributed by atoms with van der Waals surface area (Å²) in [5.41, 5.74) is 6.57. The van der Waals surface area contributed by atoms with E-state index in [4.69, 9.17) is 9.47 Å². The van der Waals surface area contributed by atoms with Crippen LogP contribution in [0.25, 0.3) is 0 Å². The summed E-state index contributed by atoms with van der Waals surface area (Å²) >= 11 is 0. The molecule has 3 nitrogen and oxygen atoms in total. The molecule has 2 aliphatic carbocycles. The maximum atomic E-state index is 5.48. The molecule has 3 atom stereocenters. The van der Waals surface area contributed by atoms with Gasteiger partial charge in [0.15, 0.2) is 11.5 Å². The van der Waals surface area contributed by atoms with Crippen molar-refractivity contribution in [2.24, 2.45) is 11.3 Å². The molecule has 2 aliphatic rings. The van der Waals surface area contributed by atoms with Crippen LogP contribution in [0.2, 0.25) is 0 Å². The first-order valence-electron chi connectivity index (χ1n) is 12.4. The van der Waals surface area contributed by atoms with Gasteiger partial charge in [0, 0.05) is 13.1 Å². The van der Waals surface area contributed by atoms with Gasteiger partial charge in [0.1, 0.15) is 0 Å². The van der Waals surface area contributed by atoms with E-state index < -0.39 is 0 Å². The Labute approximate surface area is 194 Å². The number of nitrogens with one attached hydrogen (secondary N) is 1. The highest BCUT2D eigenvalue weighted by Gasteiger charge is 2.51. The Morgan fingerprint density at radius 2 is 1.78 bits per heavy atom. The van der Waals surface area contributed by atoms with E-state index in [1.165, 1.54) is 43.2 Å². The van der Waals surface area contributed by atoms with Gasteiger partial charge in [-0.05, 0) is 82.7 Å². The zero-order valence-corrected chi connectivity index (χ0v) is 20.9. The molecule has 32 heavy (non-hydrogen) atoms. The SMILES string of the molecule is COc1ccc(CNC[C@]2(C)CCC[C@]3(C)c4ccc(C(C)C)cc4CC[C@H]23)cc1OC. The monoisotopic (exact) mass is 435 g/mol. The topological polar surface area (TPSA) is 30.5 Å². The van der Waals surface area contributed by atoms with Gasteiger partial charge in [-0.1, -0.05) is 58.4 Å². The molecule has 1 N–H and O–H groups in total. The van der Waals surface area contributed by atoms with E-state index in [-0.39, 0.29) is 0 Å². The van der Waals surface area contributed by atoms with Gasteiger partial charge in [-0.25, -0.2) is 0 Å². The van der Waals surface area contributed by atoms with Crippen LogP contribution in [0.5, 0.6) is 11.5 Å². The van der Waals surface area contributed by atoms with E-state index in [1.807, 2.05) is 6.07 Å². The molecular weight excluding hydrogens is 394 g/mol. The Morgan fingerprint density at radius 1 is 1.00 bits per heavy atom. The lowest BCUT2D eigenvalue weighted by Crippen LogP contribution is -2.52. The number of ether oxygens (including phenoxy) is 2. The molecule has 1 saturated carbocycles. The summed E-state index contributed by atoms with van der Waals surface area (Å²) in [6.07, 6.45) is 6.47. The van der Waals surface area contributed by atoms with E-state index in [0.717, 1.165) is 30.5 Å². The molecule has 0 bridgehead atoms. The minimum atomic E-state index is 0.293. The summed E-state index contributed by atoms with van der Waals surface area (Å²) in [6, 6.07) is 13.6. The Morgan fingerprint density at radius 3 is 2.50 bits per heavy atom. The summed E-state index contributed by atoms with van der Waals surface area (Å²) in [6.45, 7) is 11.6. The highest BCUT2D eigenvalue weighted by atomic mass is 16.5. The second-order valence-corrected chi connectivity index (χ2v) is 10.9. The molecule has 3 heteroatoms. The molecule has 2 aromatic rings. The largest absolute Gasteiger partial charge is 0.493 e. The van der Waals surface area contributed by atoms with Crippen molar-refractivity contribution in [2.75, 3.05) is 20.8 Å². The second-order valence-electron chi connectivity index (χ2n) is 10.9. The Hall–Kier alpha value is -2.00. The Kier molecular flexibility index (Phi) is 6.58. The van der Waals surface area contributed by atoms with Crippen molar-refractivity contribution in [2.45, 2.75) is 77.7 Å². The minimum absolute atomic E-state index is 0.293. The number of rotatable bonds is 7. The Bertz CT molecular complexity index is 952. The molecule has 0 heterocycles. The molecule has 0 radical (unpaired) electrons. The van der Waals surface area contributed by atoms with Crippen LogP contribution in [-0.4, -0.2) is 20.8 Å². The first-order valence-corrected chi connectivity index (χ1v) is 12.4. The van der Waals surface area contributed by atoms with Crippen LogP contribution in [0.15, 0.2) is 36.4 Å². The average Bonchev–Trinajstić information content (AvgIpc) is 2.78. The van der Waals surface area contributed by atoms with Crippen LogP contribution in [-0.2, 0) is 18.4 Å². The third-order valence-electron chi connectivity index (χ3n) is 8.47. The summed E-state index contributed by atoms with van der Waals surface area (Å²) in [5.74, 6) is 2.91. The molecule has 2 aromatic carbocycles. The number of fused-ring (bicyclic) bond motifs is 3. The number of aryl methyl sites for hydroxylation is 1. The maximum Gasteiger partial charge on any atom is 0.161 e. The summed E-state index contributed by atoms with van der Waals surface area (Å²) < 4.78 is 10.9. The van der Waals surface area contributed by atoms with Crippen molar-refractivity contribution in [1.29, 1.82) is 0 Å². The van der Waals surface area contributed by atoms with Gasteiger partial charge in [0.25, 0.3) is 0 Å². The van der Waals surface area contributed by atoms with Gasteiger partial charge in [-0.15, -0.1) is 0 Å². The van der Waals surface area contributed by atoms with Crippen molar-refractivity contribution >= 4 is 0 Å². The molecule has 0 unspecified atom stereocenters. The molecular formula is C29H41NO2. The fourth-order valence-corrected chi connectivity index (χ4v) is 6.70. The Balaban J connectivity index is 1.50. The van der Waals surface area contributed by atoms with Crippen LogP contribution >= 0.6 is 0 Å². The first kappa shape index (κ1) is 23.2. The molecule has 0 saturated heterocycles. The molecule has 0 aromatic heterocycles. The predicted molar refractivity (Wildman–Crippen MR) is 133 cm³/mol. The van der Waals surface area contributed by atoms with Crippen LogP contribution in [0.4, 0.5) is 0 Å². The van der Waals surface area contributed by atoms with Crippen molar-refractivity contribution in [3.63, 3.8) is 0 Å². The van der Waals surface area contributed by atoms with Gasteiger partial charge in [0.2, 0.25) is 0 Å². The smallest absolute Gasteiger partial charge is 0.161 e. The van der Waals surface area contributed by atoms with Crippen molar-refractivity contribution in [3.05, 3.63) is 58.7 Å². The molecule has 0 aliphatic heterocycles. The van der Waals surface area contributed by atoms with Crippen LogP contribution in [0.1, 0.15) is 81.5 Å². The zero-order valence-electron chi connectivity index (χ0n) is 20.9. The summed E-state index contributed by atoms with van der Waals surface area (Å²) in [7, 11) is 3.38. The number of hydrogen-bond acceptors (Lipinski definition) is 3. The number of benzene rings is 2. The summed E-state index contributed by atoms with van der Waals surface area (Å²) in [5, 5.41) is 3.80. The van der Waals surface area contributed by atoms with Gasteiger partial charge in [-0.3, -0.25) is 0 Å². The predicted octanol–water partition coefficient (Wildman–Crippen LogP) is 6.63. The lowest BCUT2D eigenvalue weighted by atomic mass is 9.49. The standard InChI is InChI=1S/C29H41NO2/c1-20(2)22-9-11-24-23(17-22)10-13-27-28(3,14-7-15-29(24,27)4)19-30-18-21-8-12-25(31-5)26(16-21)32-6/h8-9,11-12,16-17,20,27,30H,7,10,13-15,18-19H2,1-6H3/t27-,28+,29-/m1/s1. The van der Waals surface area contributed by atoms with Crippen LogP contribution in [0.3, 0.4) is 0 Å². The molecule has 4 rings (SSSR count). The summed E-state index contributed by atoms with van der Waals surface area (Å²) in [4.78, 5) is 0. The lowest BCUT2D eigenvalue weighted by Gasteiger charge is -2.55. The van der Waals surface area contributed by atoms with Crippen LogP contribution in [0, 0.1) is 11.3 Å². The minimum Gasteiger partial charge on any atom is -0.493 e. The van der Waals surface area contributed by atoms with E-state index in [0.29, 0.717) is 16.7 Å². The highest BCUT2D eigenvalue weighted by Crippen LogP contribution is 2.57. The first-order chi connectivity index (χ1) is 15.3. The third-order valence-corrected chi connectivity index (χ3v) is 8.47. The van der Waals surface area contributed by atoms with Gasteiger partial charge < -0.3 is 14.8 Å². The van der Waals surface area contributed by atoms with E-state index >= 15 is 0 Å². The highest BCUT2D eigenvalue weighted by molar-refractivity contribution is 5.43. The molecule has 0 spiro atoms. The second kappa shape index (κ2) is 9.09. The fraction of sp³-hybridized carbons (Fsp3) is 0.586. The normalized spacial score (nSPS) is 27.0. The lowest BCUT2D eigenvalue weighted by molar-refractivity contribution is 0.0257. The quantitative estimate of drug-likeness (QED) is 0.530. The van der Waals surface area contributed by atoms with Gasteiger partial charge in [0.05, 0.1) is 14.2 Å². The fourth-order valence-electron chi connectivity index (χ4n) is 6.70. The number of hydrogen-bond donors (Lipinski definition) is 1. The molecule has 1 fully saturated rings. The van der Waals surface area contributed by atoms with Gasteiger partial charge in [-0.2, -0.15) is 0 Å². The molecule has 0 amide bonds. The van der Waals surface area contributed by atoms with Crippen molar-refractivity contribution in [1.82, 2.24) is 5.32 Å². The number of methoxy groups -OCH3 is 2. The molecule has 174 valence electrons. The van der Waals surface area contributed by atoms with Crippen molar-refractivity contribution in [3.8, 4) is 11.5 Å². The van der Waals surface area contributed by atoms with E-state index in [2.05, 4.69) is 63.3 Å². The third kappa shape index (κ3) is 4.17. The van der Waals surface area contributed by atoms with Gasteiger partial charge >= 0.3 is 0 Å². The van der Waals surface area contributed by atoms with Crippen molar-refractivity contribution < 1.29 is 9.47 Å². The van der Waals surface area contributed by atoms with E-state index in [1.54, 1.807) is 25.3 Å². The van der Waals surface area contributed by atoms with Crippen LogP contribution < -0.4 is 14.8 Å². The average molecular weight is 436 g/mol.